The lowest BCUT2D eigenvalue weighted by molar-refractivity contribution is -0.116. The maximum Gasteiger partial charge on any atom is 0.224 e. The average Bonchev–Trinajstić information content (AvgIpc) is 2.39. The number of nitrogens with zero attached hydrogens (tertiary/aromatic N) is 2. The Morgan fingerprint density at radius 1 is 1.29 bits per heavy atom. The van der Waals surface area contributed by atoms with E-state index in [0.29, 0.717) is 17.4 Å². The number of amides is 1. The molecule has 1 saturated heterocycles. The Morgan fingerprint density at radius 2 is 1.95 bits per heavy atom. The van der Waals surface area contributed by atoms with Gasteiger partial charge in [0.2, 0.25) is 5.91 Å². The monoisotopic (exact) mass is 309 g/mol. The molecule has 0 atom stereocenters. The van der Waals surface area contributed by atoms with Gasteiger partial charge in [0.1, 0.15) is 0 Å². The van der Waals surface area contributed by atoms with E-state index in [2.05, 4.69) is 22.2 Å². The first-order valence-electron chi connectivity index (χ1n) is 7.48. The van der Waals surface area contributed by atoms with Crippen LogP contribution < -0.4 is 10.2 Å². The molecule has 4 nitrogen and oxygen atoms in total. The van der Waals surface area contributed by atoms with Gasteiger partial charge in [0, 0.05) is 37.6 Å². The van der Waals surface area contributed by atoms with Gasteiger partial charge in [0.15, 0.2) is 0 Å². The van der Waals surface area contributed by atoms with Gasteiger partial charge < -0.3 is 15.1 Å². The number of carbonyl (C=O) groups is 1. The first kappa shape index (κ1) is 16.1. The van der Waals surface area contributed by atoms with Gasteiger partial charge in [-0.15, -0.1) is 0 Å². The molecule has 1 aromatic rings. The largest absolute Gasteiger partial charge is 0.367 e. The number of carbonyl (C=O) groups excluding carboxylic acids is 1. The first-order chi connectivity index (χ1) is 9.95. The molecule has 1 fully saturated rings. The van der Waals surface area contributed by atoms with Crippen LogP contribution >= 0.6 is 11.6 Å². The quantitative estimate of drug-likeness (QED) is 0.928. The highest BCUT2D eigenvalue weighted by Crippen LogP contribution is 2.30. The van der Waals surface area contributed by atoms with Crippen LogP contribution in [0, 0.1) is 5.92 Å². The van der Waals surface area contributed by atoms with Crippen molar-refractivity contribution in [3.63, 3.8) is 0 Å². The van der Waals surface area contributed by atoms with Crippen molar-refractivity contribution in [2.24, 2.45) is 5.92 Å². The normalized spacial score (nSPS) is 16.3. The summed E-state index contributed by atoms with van der Waals surface area (Å²) in [6, 6.07) is 5.72. The van der Waals surface area contributed by atoms with Gasteiger partial charge in [-0.25, -0.2) is 0 Å². The van der Waals surface area contributed by atoms with Crippen molar-refractivity contribution in [1.82, 2.24) is 4.90 Å². The fourth-order valence-electron chi connectivity index (χ4n) is 2.50. The van der Waals surface area contributed by atoms with E-state index >= 15 is 0 Å². The molecule has 0 radical (unpaired) electrons. The third-order valence-corrected chi connectivity index (χ3v) is 3.91. The highest BCUT2D eigenvalue weighted by Gasteiger charge is 2.18. The molecule has 1 heterocycles. The van der Waals surface area contributed by atoms with Crippen LogP contribution in [0.3, 0.4) is 0 Å². The molecule has 0 spiro atoms. The smallest absolute Gasteiger partial charge is 0.224 e. The van der Waals surface area contributed by atoms with Gasteiger partial charge in [-0.2, -0.15) is 0 Å². The Balaban J connectivity index is 2.15. The van der Waals surface area contributed by atoms with Gasteiger partial charge in [0.05, 0.1) is 11.4 Å². The van der Waals surface area contributed by atoms with Gasteiger partial charge in [-0.05, 0) is 31.2 Å². The first-order valence-corrected chi connectivity index (χ1v) is 7.86. The average molecular weight is 310 g/mol. The van der Waals surface area contributed by atoms with E-state index in [9.17, 15) is 4.79 Å². The Kier molecular flexibility index (Phi) is 5.48. The standard InChI is InChI=1S/C16H24ClN3O/c1-12(2)10-16(21)18-14-11-13(17)4-5-15(14)20-8-6-19(3)7-9-20/h4-5,11-12H,6-10H2,1-3H3,(H,18,21). The second-order valence-electron chi connectivity index (χ2n) is 6.10. The van der Waals surface area contributed by atoms with Crippen LogP contribution in [0.1, 0.15) is 20.3 Å². The van der Waals surface area contributed by atoms with Crippen molar-refractivity contribution in [2.75, 3.05) is 43.4 Å². The number of likely N-dealkylation sites (N-methyl/N-ethyl adjacent to an activating group) is 1. The van der Waals surface area contributed by atoms with Crippen LogP contribution in [0.5, 0.6) is 0 Å². The summed E-state index contributed by atoms with van der Waals surface area (Å²) >= 11 is 6.09. The lowest BCUT2D eigenvalue weighted by Crippen LogP contribution is -2.44. The zero-order chi connectivity index (χ0) is 15.4. The maximum absolute atomic E-state index is 12.0. The molecule has 1 aromatic carbocycles. The zero-order valence-corrected chi connectivity index (χ0v) is 13.8. The van der Waals surface area contributed by atoms with E-state index in [-0.39, 0.29) is 5.91 Å². The van der Waals surface area contributed by atoms with Gasteiger partial charge >= 0.3 is 0 Å². The summed E-state index contributed by atoms with van der Waals surface area (Å²) in [6.45, 7) is 8.07. The van der Waals surface area contributed by atoms with E-state index in [1.807, 2.05) is 32.0 Å². The minimum absolute atomic E-state index is 0.0441. The lowest BCUT2D eigenvalue weighted by Gasteiger charge is -2.35. The molecule has 1 amide bonds. The van der Waals surface area contributed by atoms with Crippen LogP contribution in [-0.4, -0.2) is 44.0 Å². The van der Waals surface area contributed by atoms with Gasteiger partial charge in [0.25, 0.3) is 0 Å². The van der Waals surface area contributed by atoms with Crippen LogP contribution in [-0.2, 0) is 4.79 Å². The lowest BCUT2D eigenvalue weighted by atomic mass is 10.1. The summed E-state index contributed by atoms with van der Waals surface area (Å²) in [6.07, 6.45) is 0.523. The molecule has 21 heavy (non-hydrogen) atoms. The van der Waals surface area contributed by atoms with Crippen molar-refractivity contribution in [3.8, 4) is 0 Å². The Hall–Kier alpha value is -1.26. The minimum Gasteiger partial charge on any atom is -0.367 e. The minimum atomic E-state index is 0.0441. The van der Waals surface area contributed by atoms with E-state index in [1.54, 1.807) is 0 Å². The Bertz CT molecular complexity index is 496. The topological polar surface area (TPSA) is 35.6 Å². The molecule has 2 rings (SSSR count). The van der Waals surface area contributed by atoms with E-state index in [0.717, 1.165) is 37.6 Å². The number of nitrogens with one attached hydrogen (secondary N) is 1. The molecule has 0 aliphatic carbocycles. The number of benzene rings is 1. The molecule has 0 unspecified atom stereocenters. The van der Waals surface area contributed by atoms with Crippen molar-refractivity contribution < 1.29 is 4.79 Å². The van der Waals surface area contributed by atoms with Gasteiger partial charge in [-0.3, -0.25) is 4.79 Å². The molecule has 116 valence electrons. The van der Waals surface area contributed by atoms with Crippen LogP contribution in [0.4, 0.5) is 11.4 Å². The second kappa shape index (κ2) is 7.14. The fraction of sp³-hybridized carbons (Fsp3) is 0.562. The third-order valence-electron chi connectivity index (χ3n) is 3.67. The molecule has 1 aliphatic heterocycles. The zero-order valence-electron chi connectivity index (χ0n) is 13.0. The predicted octanol–water partition coefficient (Wildman–Crippen LogP) is 3.08. The third kappa shape index (κ3) is 4.61. The number of halogens is 1. The van der Waals surface area contributed by atoms with Crippen LogP contribution in [0.15, 0.2) is 18.2 Å². The van der Waals surface area contributed by atoms with Crippen molar-refractivity contribution in [2.45, 2.75) is 20.3 Å². The molecular weight excluding hydrogens is 286 g/mol. The molecule has 1 aliphatic rings. The summed E-state index contributed by atoms with van der Waals surface area (Å²) in [5, 5.41) is 3.66. The van der Waals surface area contributed by atoms with E-state index < -0.39 is 0 Å². The number of anilines is 2. The predicted molar refractivity (Wildman–Crippen MR) is 89.2 cm³/mol. The number of hydrogen-bond acceptors (Lipinski definition) is 3. The Morgan fingerprint density at radius 3 is 2.57 bits per heavy atom. The summed E-state index contributed by atoms with van der Waals surface area (Å²) in [5.41, 5.74) is 1.88. The molecule has 1 N–H and O–H groups in total. The highest BCUT2D eigenvalue weighted by molar-refractivity contribution is 6.31. The summed E-state index contributed by atoms with van der Waals surface area (Å²) in [5.74, 6) is 0.388. The van der Waals surface area contributed by atoms with Crippen molar-refractivity contribution in [3.05, 3.63) is 23.2 Å². The fourth-order valence-corrected chi connectivity index (χ4v) is 2.68. The molecule has 0 aromatic heterocycles. The molecule has 0 saturated carbocycles. The van der Waals surface area contributed by atoms with Crippen molar-refractivity contribution in [1.29, 1.82) is 0 Å². The molecule has 5 heteroatoms. The Labute approximate surface area is 132 Å². The second-order valence-corrected chi connectivity index (χ2v) is 6.53. The number of rotatable bonds is 4. The SMILES string of the molecule is CC(C)CC(=O)Nc1cc(Cl)ccc1N1CCN(C)CC1. The summed E-state index contributed by atoms with van der Waals surface area (Å²) < 4.78 is 0. The summed E-state index contributed by atoms with van der Waals surface area (Å²) in [4.78, 5) is 16.7. The van der Waals surface area contributed by atoms with E-state index in [4.69, 9.17) is 11.6 Å². The van der Waals surface area contributed by atoms with Crippen LogP contribution in [0.25, 0.3) is 0 Å². The summed E-state index contributed by atoms with van der Waals surface area (Å²) in [7, 11) is 2.13. The molecule has 0 bridgehead atoms. The van der Waals surface area contributed by atoms with Gasteiger partial charge in [-0.1, -0.05) is 25.4 Å². The number of piperazine rings is 1. The highest BCUT2D eigenvalue weighted by atomic mass is 35.5. The van der Waals surface area contributed by atoms with E-state index in [1.165, 1.54) is 0 Å². The van der Waals surface area contributed by atoms with Crippen molar-refractivity contribution >= 4 is 28.9 Å². The van der Waals surface area contributed by atoms with Crippen LogP contribution in [0.2, 0.25) is 5.02 Å². The maximum atomic E-state index is 12.0. The number of hydrogen-bond donors (Lipinski definition) is 1. The molecular formula is C16H24ClN3O.